The molecule has 23 heavy (non-hydrogen) atoms. The van der Waals surface area contributed by atoms with Crippen LogP contribution in [0.2, 0.25) is 0 Å². The fourth-order valence-electron chi connectivity index (χ4n) is 3.50. The van der Waals surface area contributed by atoms with Crippen molar-refractivity contribution in [3.05, 3.63) is 58.0 Å². The number of hydrogen-bond donors (Lipinski definition) is 2. The zero-order chi connectivity index (χ0) is 17.0. The number of nitrogens with one attached hydrogen (secondary N) is 1. The second-order valence-electron chi connectivity index (χ2n) is 6.74. The molecule has 0 saturated heterocycles. The Labute approximate surface area is 141 Å². The highest BCUT2D eigenvalue weighted by Gasteiger charge is 2.19. The first-order valence-electron chi connectivity index (χ1n) is 9.01. The highest BCUT2D eigenvalue weighted by Crippen LogP contribution is 2.33. The van der Waals surface area contributed by atoms with E-state index in [9.17, 15) is 0 Å². The molecule has 126 valence electrons. The zero-order valence-electron chi connectivity index (χ0n) is 15.4. The van der Waals surface area contributed by atoms with Gasteiger partial charge in [-0.25, -0.2) is 0 Å². The van der Waals surface area contributed by atoms with Crippen molar-refractivity contribution in [2.24, 2.45) is 17.6 Å². The molecule has 2 aliphatic rings. The van der Waals surface area contributed by atoms with E-state index >= 15 is 0 Å². The summed E-state index contributed by atoms with van der Waals surface area (Å²) >= 11 is 0. The molecule has 2 rings (SSSR count). The predicted molar refractivity (Wildman–Crippen MR) is 101 cm³/mol. The van der Waals surface area contributed by atoms with Crippen LogP contribution in [0.5, 0.6) is 0 Å². The van der Waals surface area contributed by atoms with Gasteiger partial charge in [0.2, 0.25) is 0 Å². The Hall–Kier alpha value is -1.70. The number of rotatable bonds is 5. The molecule has 2 unspecified atom stereocenters. The average molecular weight is 313 g/mol. The maximum atomic E-state index is 6.54. The van der Waals surface area contributed by atoms with Gasteiger partial charge in [0.05, 0.1) is 11.4 Å². The molecular weight excluding hydrogens is 280 g/mol. The first-order valence-corrected chi connectivity index (χ1v) is 9.01. The van der Waals surface area contributed by atoms with E-state index in [1.54, 1.807) is 5.57 Å². The van der Waals surface area contributed by atoms with Crippen LogP contribution in [-0.4, -0.2) is 7.05 Å². The number of nitrogens with two attached hydrogens (primary N) is 1. The molecule has 0 aliphatic heterocycles. The molecule has 2 nitrogen and oxygen atoms in total. The van der Waals surface area contributed by atoms with Gasteiger partial charge < -0.3 is 11.1 Å². The Balaban J connectivity index is 2.39. The van der Waals surface area contributed by atoms with Crippen LogP contribution in [0.1, 0.15) is 53.4 Å². The van der Waals surface area contributed by atoms with Gasteiger partial charge in [-0.05, 0) is 54.2 Å². The lowest BCUT2D eigenvalue weighted by Crippen LogP contribution is -2.20. The molecule has 0 bridgehead atoms. The van der Waals surface area contributed by atoms with Crippen molar-refractivity contribution in [1.29, 1.82) is 0 Å². The van der Waals surface area contributed by atoms with Gasteiger partial charge in [-0.2, -0.15) is 0 Å². The third-order valence-corrected chi connectivity index (χ3v) is 5.31. The van der Waals surface area contributed by atoms with Gasteiger partial charge in [-0.1, -0.05) is 57.6 Å². The van der Waals surface area contributed by atoms with E-state index < -0.39 is 0 Å². The average Bonchev–Trinajstić information content (AvgIpc) is 2.57. The standard InChI is InChI=1S/C21H32N2/c1-6-16-10-11-19(13-17(16)7-2)21(23-5)20(22)18-9-8-14(3)15(4)12-18/h8-9,12-15,23H,6-7,10-11,22H2,1-5H3/b21-20-. The van der Waals surface area contributed by atoms with Crippen LogP contribution in [0, 0.1) is 11.8 Å². The molecule has 0 fully saturated rings. The first kappa shape index (κ1) is 17.7. The summed E-state index contributed by atoms with van der Waals surface area (Å²) in [5.74, 6) is 1.12. The fourth-order valence-corrected chi connectivity index (χ4v) is 3.50. The van der Waals surface area contributed by atoms with E-state index in [4.69, 9.17) is 5.73 Å². The van der Waals surface area contributed by atoms with Gasteiger partial charge in [-0.15, -0.1) is 0 Å². The summed E-state index contributed by atoms with van der Waals surface area (Å²) < 4.78 is 0. The van der Waals surface area contributed by atoms with Crippen molar-refractivity contribution in [3.8, 4) is 0 Å². The largest absolute Gasteiger partial charge is 0.397 e. The molecule has 2 heteroatoms. The monoisotopic (exact) mass is 312 g/mol. The lowest BCUT2D eigenvalue weighted by Gasteiger charge is -2.24. The van der Waals surface area contributed by atoms with Crippen molar-refractivity contribution < 1.29 is 0 Å². The zero-order valence-corrected chi connectivity index (χ0v) is 15.4. The molecule has 0 saturated carbocycles. The topological polar surface area (TPSA) is 38.0 Å². The Bertz CT molecular complexity index is 599. The van der Waals surface area contributed by atoms with Crippen LogP contribution < -0.4 is 11.1 Å². The van der Waals surface area contributed by atoms with Gasteiger partial charge in [0, 0.05) is 7.05 Å². The molecule has 3 N–H and O–H groups in total. The van der Waals surface area contributed by atoms with Gasteiger partial charge in [-0.3, -0.25) is 0 Å². The van der Waals surface area contributed by atoms with Gasteiger partial charge in [0.1, 0.15) is 0 Å². The van der Waals surface area contributed by atoms with Gasteiger partial charge in [0.15, 0.2) is 0 Å². The maximum absolute atomic E-state index is 6.54. The molecule has 0 radical (unpaired) electrons. The van der Waals surface area contributed by atoms with Crippen LogP contribution in [-0.2, 0) is 0 Å². The first-order chi connectivity index (χ1) is 11.0. The van der Waals surface area contributed by atoms with Crippen LogP contribution in [0.3, 0.4) is 0 Å². The SMILES string of the molecule is CCC1=C(CC)CCC(/C(NC)=C(/N)C2=CC(C)C(C)C=C2)=C1. The second-order valence-corrected chi connectivity index (χ2v) is 6.74. The summed E-state index contributed by atoms with van der Waals surface area (Å²) in [6, 6.07) is 0. The van der Waals surface area contributed by atoms with E-state index in [0.717, 1.165) is 42.7 Å². The third-order valence-electron chi connectivity index (χ3n) is 5.31. The minimum Gasteiger partial charge on any atom is -0.397 e. The molecule has 2 aliphatic carbocycles. The summed E-state index contributed by atoms with van der Waals surface area (Å²) in [6.45, 7) is 9.01. The summed E-state index contributed by atoms with van der Waals surface area (Å²) in [6.07, 6.45) is 13.6. The Morgan fingerprint density at radius 2 is 1.91 bits per heavy atom. The molecular formula is C21H32N2. The molecule has 2 atom stereocenters. The predicted octanol–water partition coefficient (Wildman–Crippen LogP) is 4.98. The van der Waals surface area contributed by atoms with E-state index in [1.165, 1.54) is 11.1 Å². The van der Waals surface area contributed by atoms with E-state index in [-0.39, 0.29) is 0 Å². The lowest BCUT2D eigenvalue weighted by atomic mass is 9.85. The Morgan fingerprint density at radius 1 is 1.17 bits per heavy atom. The minimum atomic E-state index is 0.532. The smallest absolute Gasteiger partial charge is 0.0622 e. The Kier molecular flexibility index (Phi) is 5.92. The summed E-state index contributed by atoms with van der Waals surface area (Å²) in [4.78, 5) is 0. The van der Waals surface area contributed by atoms with Crippen molar-refractivity contribution >= 4 is 0 Å². The summed E-state index contributed by atoms with van der Waals surface area (Å²) in [7, 11) is 1.98. The maximum Gasteiger partial charge on any atom is 0.0622 e. The summed E-state index contributed by atoms with van der Waals surface area (Å²) in [5, 5.41) is 3.36. The minimum absolute atomic E-state index is 0.532. The number of allylic oxidation sites excluding steroid dienone is 7. The van der Waals surface area contributed by atoms with E-state index in [1.807, 2.05) is 7.05 Å². The molecule has 0 amide bonds. The van der Waals surface area contributed by atoms with Gasteiger partial charge in [0.25, 0.3) is 0 Å². The molecule has 0 spiro atoms. The molecule has 0 heterocycles. The van der Waals surface area contributed by atoms with Gasteiger partial charge >= 0.3 is 0 Å². The normalized spacial score (nSPS) is 25.8. The lowest BCUT2D eigenvalue weighted by molar-refractivity contribution is 0.549. The van der Waals surface area contributed by atoms with E-state index in [0.29, 0.717) is 11.8 Å². The Morgan fingerprint density at radius 3 is 2.48 bits per heavy atom. The fraction of sp³-hybridized carbons (Fsp3) is 0.524. The van der Waals surface area contributed by atoms with E-state index in [2.05, 4.69) is 57.3 Å². The highest BCUT2D eigenvalue weighted by atomic mass is 14.9. The summed E-state index contributed by atoms with van der Waals surface area (Å²) in [5.41, 5.74) is 14.1. The van der Waals surface area contributed by atoms with Crippen molar-refractivity contribution in [1.82, 2.24) is 5.32 Å². The van der Waals surface area contributed by atoms with Crippen LogP contribution in [0.25, 0.3) is 0 Å². The van der Waals surface area contributed by atoms with Crippen LogP contribution >= 0.6 is 0 Å². The quantitative estimate of drug-likeness (QED) is 0.751. The van der Waals surface area contributed by atoms with Crippen molar-refractivity contribution in [2.75, 3.05) is 7.05 Å². The van der Waals surface area contributed by atoms with Crippen molar-refractivity contribution in [3.63, 3.8) is 0 Å². The second kappa shape index (κ2) is 7.72. The van der Waals surface area contributed by atoms with Crippen LogP contribution in [0.15, 0.2) is 58.0 Å². The molecule has 0 aromatic rings. The third kappa shape index (κ3) is 3.80. The molecule has 0 aromatic carbocycles. The number of hydrogen-bond acceptors (Lipinski definition) is 2. The highest BCUT2D eigenvalue weighted by molar-refractivity contribution is 5.51. The van der Waals surface area contributed by atoms with Crippen LogP contribution in [0.4, 0.5) is 0 Å². The van der Waals surface area contributed by atoms with Crippen molar-refractivity contribution in [2.45, 2.75) is 53.4 Å². The molecule has 0 aromatic heterocycles. The number of likely N-dealkylation sites (N-methyl/N-ethyl adjacent to an activating group) is 1.